The van der Waals surface area contributed by atoms with E-state index in [0.29, 0.717) is 55.3 Å². The average Bonchev–Trinajstić information content (AvgIpc) is 3.28. The zero-order chi connectivity index (χ0) is 28.3. The van der Waals surface area contributed by atoms with Crippen LogP contribution >= 0.6 is 11.3 Å². The standard InChI is InChI=1S/C24H32N8O5S2/c1-15(27-20-17-7-6-8-18(21(33)30(3)4)19(17)25-14-26-20)13-31-9-11-32(12-10-31)39(35,36)22-16(2)28-23(38-22)29-24(34)37-5/h6-8,14-15H,9-13H2,1-5H3,(H,25,26,27)(H,28,29,34). The maximum atomic E-state index is 13.3. The van der Waals surface area contributed by atoms with Gasteiger partial charge in [-0.15, -0.1) is 0 Å². The van der Waals surface area contributed by atoms with Gasteiger partial charge in [0, 0.05) is 58.2 Å². The fourth-order valence-electron chi connectivity index (χ4n) is 4.37. The maximum absolute atomic E-state index is 13.3. The highest BCUT2D eigenvalue weighted by molar-refractivity contribution is 7.91. The Kier molecular flexibility index (Phi) is 8.64. The van der Waals surface area contributed by atoms with Gasteiger partial charge < -0.3 is 15.0 Å². The second kappa shape index (κ2) is 11.8. The summed E-state index contributed by atoms with van der Waals surface area (Å²) in [5.41, 5.74) is 1.43. The van der Waals surface area contributed by atoms with Crippen LogP contribution < -0.4 is 10.6 Å². The van der Waals surface area contributed by atoms with Crippen molar-refractivity contribution in [3.63, 3.8) is 0 Å². The predicted molar refractivity (Wildman–Crippen MR) is 149 cm³/mol. The number of nitrogens with one attached hydrogen (secondary N) is 2. The highest BCUT2D eigenvalue weighted by atomic mass is 32.2. The van der Waals surface area contributed by atoms with Crippen LogP contribution in [0.5, 0.6) is 0 Å². The first kappa shape index (κ1) is 28.6. The highest BCUT2D eigenvalue weighted by Crippen LogP contribution is 2.30. The molecule has 1 atom stereocenters. The fraction of sp³-hybridized carbons (Fsp3) is 0.458. The predicted octanol–water partition coefficient (Wildman–Crippen LogP) is 2.08. The molecule has 3 aromatic rings. The van der Waals surface area contributed by atoms with Gasteiger partial charge in [0.2, 0.25) is 0 Å². The van der Waals surface area contributed by atoms with E-state index in [1.54, 1.807) is 27.1 Å². The van der Waals surface area contributed by atoms with E-state index in [0.717, 1.165) is 16.7 Å². The largest absolute Gasteiger partial charge is 0.453 e. The summed E-state index contributed by atoms with van der Waals surface area (Å²) in [5, 5.41) is 6.78. The Morgan fingerprint density at radius 2 is 1.90 bits per heavy atom. The molecule has 13 nitrogen and oxygen atoms in total. The molecule has 0 saturated carbocycles. The summed E-state index contributed by atoms with van der Waals surface area (Å²) in [6.45, 7) is 6.08. The van der Waals surface area contributed by atoms with E-state index in [1.807, 2.05) is 19.1 Å². The Morgan fingerprint density at radius 1 is 1.18 bits per heavy atom. The summed E-state index contributed by atoms with van der Waals surface area (Å²) in [7, 11) is 0.878. The number of amides is 2. The van der Waals surface area contributed by atoms with Crippen LogP contribution in [0.25, 0.3) is 10.9 Å². The average molecular weight is 577 g/mol. The van der Waals surface area contributed by atoms with Gasteiger partial charge >= 0.3 is 6.09 Å². The lowest BCUT2D eigenvalue weighted by atomic mass is 10.1. The molecule has 2 N–H and O–H groups in total. The number of carbonyl (C=O) groups is 2. The minimum Gasteiger partial charge on any atom is -0.453 e. The van der Waals surface area contributed by atoms with Crippen LogP contribution in [-0.4, -0.2) is 109 Å². The molecule has 15 heteroatoms. The molecule has 1 aromatic carbocycles. The summed E-state index contributed by atoms with van der Waals surface area (Å²) in [5.74, 6) is 0.509. The first-order valence-electron chi connectivity index (χ1n) is 12.3. The quantitative estimate of drug-likeness (QED) is 0.408. The van der Waals surface area contributed by atoms with Gasteiger partial charge in [-0.05, 0) is 26.0 Å². The molecule has 2 aromatic heterocycles. The van der Waals surface area contributed by atoms with E-state index >= 15 is 0 Å². The van der Waals surface area contributed by atoms with E-state index in [-0.39, 0.29) is 21.3 Å². The SMILES string of the molecule is COC(=O)Nc1nc(C)c(S(=O)(=O)N2CCN(CC(C)Nc3ncnc4c(C(=O)N(C)C)cccc34)CC2)s1. The molecule has 1 fully saturated rings. The van der Waals surface area contributed by atoms with Gasteiger partial charge in [0.25, 0.3) is 15.9 Å². The minimum absolute atomic E-state index is 0.00448. The number of benzene rings is 1. The number of hydrogen-bond acceptors (Lipinski definition) is 11. The molecule has 3 heterocycles. The van der Waals surface area contributed by atoms with Crippen LogP contribution in [-0.2, 0) is 14.8 Å². The van der Waals surface area contributed by atoms with Gasteiger partial charge in [0.15, 0.2) is 9.34 Å². The third-order valence-corrected chi connectivity index (χ3v) is 9.83. The van der Waals surface area contributed by atoms with Crippen LogP contribution in [0.4, 0.5) is 15.7 Å². The molecule has 2 amide bonds. The Balaban J connectivity index is 1.38. The molecule has 1 aliphatic rings. The number of thiazole rings is 1. The highest BCUT2D eigenvalue weighted by Gasteiger charge is 2.32. The first-order valence-corrected chi connectivity index (χ1v) is 14.5. The molecule has 1 saturated heterocycles. The van der Waals surface area contributed by atoms with Crippen LogP contribution in [0.3, 0.4) is 0 Å². The van der Waals surface area contributed by atoms with E-state index in [4.69, 9.17) is 0 Å². The Bertz CT molecular complexity index is 1470. The van der Waals surface area contributed by atoms with Crippen molar-refractivity contribution in [1.82, 2.24) is 29.1 Å². The Labute approximate surface area is 231 Å². The lowest BCUT2D eigenvalue weighted by Gasteiger charge is -2.35. The molecule has 39 heavy (non-hydrogen) atoms. The fourth-order valence-corrected chi connectivity index (χ4v) is 7.32. The molecular formula is C24H32N8O5S2. The van der Waals surface area contributed by atoms with Crippen molar-refractivity contribution in [2.75, 3.05) is 64.6 Å². The van der Waals surface area contributed by atoms with Crippen molar-refractivity contribution in [3.8, 4) is 0 Å². The number of carbonyl (C=O) groups excluding carboxylic acids is 2. The van der Waals surface area contributed by atoms with E-state index in [2.05, 4.69) is 35.2 Å². The molecule has 0 aliphatic carbocycles. The maximum Gasteiger partial charge on any atom is 0.413 e. The van der Waals surface area contributed by atoms with Crippen molar-refractivity contribution >= 4 is 55.2 Å². The summed E-state index contributed by atoms with van der Waals surface area (Å²) in [6.07, 6.45) is 0.738. The third-order valence-electron chi connectivity index (χ3n) is 6.27. The lowest BCUT2D eigenvalue weighted by molar-refractivity contribution is 0.0829. The normalized spacial score (nSPS) is 15.6. The number of aromatic nitrogens is 3. The molecule has 0 radical (unpaired) electrons. The van der Waals surface area contributed by atoms with E-state index in [9.17, 15) is 18.0 Å². The molecule has 0 bridgehead atoms. The number of methoxy groups -OCH3 is 1. The number of piperazine rings is 1. The molecule has 1 aliphatic heterocycles. The first-order chi connectivity index (χ1) is 18.5. The van der Waals surface area contributed by atoms with Gasteiger partial charge in [-0.3, -0.25) is 15.0 Å². The Morgan fingerprint density at radius 3 is 2.56 bits per heavy atom. The van der Waals surface area contributed by atoms with Crippen molar-refractivity contribution in [2.24, 2.45) is 0 Å². The summed E-state index contributed by atoms with van der Waals surface area (Å²) < 4.78 is 32.7. The third kappa shape index (κ3) is 6.27. The number of ether oxygens (including phenoxy) is 1. The molecule has 4 rings (SSSR count). The molecule has 210 valence electrons. The molecule has 0 spiro atoms. The molecule has 1 unspecified atom stereocenters. The topological polar surface area (TPSA) is 150 Å². The smallest absolute Gasteiger partial charge is 0.413 e. The van der Waals surface area contributed by atoms with E-state index in [1.165, 1.54) is 22.6 Å². The Hall–Kier alpha value is -3.40. The van der Waals surface area contributed by atoms with Crippen LogP contribution in [0.15, 0.2) is 28.7 Å². The van der Waals surface area contributed by atoms with Gasteiger partial charge in [-0.1, -0.05) is 17.4 Å². The van der Waals surface area contributed by atoms with Crippen molar-refractivity contribution in [3.05, 3.63) is 35.8 Å². The van der Waals surface area contributed by atoms with Crippen LogP contribution in [0.1, 0.15) is 23.0 Å². The number of rotatable bonds is 8. The van der Waals surface area contributed by atoms with Crippen LogP contribution in [0, 0.1) is 6.92 Å². The van der Waals surface area contributed by atoms with Gasteiger partial charge in [0.1, 0.15) is 12.1 Å². The van der Waals surface area contributed by atoms with Crippen LogP contribution in [0.2, 0.25) is 0 Å². The number of fused-ring (bicyclic) bond motifs is 1. The monoisotopic (exact) mass is 576 g/mol. The number of nitrogens with zero attached hydrogens (tertiary/aromatic N) is 6. The number of para-hydroxylation sites is 1. The van der Waals surface area contributed by atoms with Gasteiger partial charge in [-0.2, -0.15) is 4.31 Å². The summed E-state index contributed by atoms with van der Waals surface area (Å²) >= 11 is 0.909. The number of anilines is 2. The second-order valence-corrected chi connectivity index (χ2v) is 12.5. The number of sulfonamides is 1. The molecular weight excluding hydrogens is 544 g/mol. The second-order valence-electron chi connectivity index (χ2n) is 9.38. The zero-order valence-electron chi connectivity index (χ0n) is 22.5. The van der Waals surface area contributed by atoms with Crippen molar-refractivity contribution in [1.29, 1.82) is 0 Å². The minimum atomic E-state index is -3.75. The number of aryl methyl sites for hydroxylation is 1. The zero-order valence-corrected chi connectivity index (χ0v) is 24.1. The van der Waals surface area contributed by atoms with Gasteiger partial charge in [-0.25, -0.2) is 28.2 Å². The summed E-state index contributed by atoms with van der Waals surface area (Å²) in [6, 6.07) is 5.45. The number of hydrogen-bond donors (Lipinski definition) is 2. The van der Waals surface area contributed by atoms with Crippen molar-refractivity contribution < 1.29 is 22.7 Å². The lowest BCUT2D eigenvalue weighted by Crippen LogP contribution is -2.50. The van der Waals surface area contributed by atoms with E-state index < -0.39 is 16.1 Å². The summed E-state index contributed by atoms with van der Waals surface area (Å²) in [4.78, 5) is 40.7. The van der Waals surface area contributed by atoms with Crippen molar-refractivity contribution in [2.45, 2.75) is 24.1 Å². The van der Waals surface area contributed by atoms with Gasteiger partial charge in [0.05, 0.1) is 23.9 Å².